The Labute approximate surface area is 118 Å². The molecule has 1 aromatic rings. The third-order valence-corrected chi connectivity index (χ3v) is 4.40. The largest absolute Gasteiger partial charge is 0.384 e. The minimum absolute atomic E-state index is 0.103. The van der Waals surface area contributed by atoms with Crippen LogP contribution in [0.4, 0.5) is 11.4 Å². The van der Waals surface area contributed by atoms with Crippen LogP contribution in [0.25, 0.3) is 0 Å². The predicted molar refractivity (Wildman–Crippen MR) is 77.5 cm³/mol. The second kappa shape index (κ2) is 5.91. The van der Waals surface area contributed by atoms with Gasteiger partial charge in [-0.05, 0) is 36.8 Å². The Hall–Kier alpha value is -2.09. The van der Waals surface area contributed by atoms with Crippen LogP contribution in [0.15, 0.2) is 18.2 Å². The van der Waals surface area contributed by atoms with Gasteiger partial charge >= 0.3 is 0 Å². The SMILES string of the molecule is CCC1(CNc2ccc(C#N)c([N+](=O)[O-])c2)CCCC1. The van der Waals surface area contributed by atoms with Crippen molar-refractivity contribution in [3.8, 4) is 6.07 Å². The second-order valence-corrected chi connectivity index (χ2v) is 5.52. The van der Waals surface area contributed by atoms with E-state index >= 15 is 0 Å². The van der Waals surface area contributed by atoms with Gasteiger partial charge in [0.2, 0.25) is 0 Å². The van der Waals surface area contributed by atoms with E-state index in [-0.39, 0.29) is 11.3 Å². The first-order chi connectivity index (χ1) is 9.60. The van der Waals surface area contributed by atoms with Crippen molar-refractivity contribution in [2.24, 2.45) is 5.41 Å². The van der Waals surface area contributed by atoms with Gasteiger partial charge in [0.15, 0.2) is 0 Å². The van der Waals surface area contributed by atoms with E-state index in [4.69, 9.17) is 5.26 Å². The predicted octanol–water partition coefficient (Wildman–Crippen LogP) is 3.85. The lowest BCUT2D eigenvalue weighted by molar-refractivity contribution is -0.385. The van der Waals surface area contributed by atoms with Crippen LogP contribution in [0, 0.1) is 26.9 Å². The van der Waals surface area contributed by atoms with Crippen LogP contribution in [-0.2, 0) is 0 Å². The van der Waals surface area contributed by atoms with E-state index < -0.39 is 4.92 Å². The summed E-state index contributed by atoms with van der Waals surface area (Å²) in [6.45, 7) is 3.04. The number of nitrogens with zero attached hydrogens (tertiary/aromatic N) is 2. The molecule has 0 amide bonds. The number of rotatable bonds is 5. The molecule has 106 valence electrons. The van der Waals surface area contributed by atoms with Crippen molar-refractivity contribution in [2.75, 3.05) is 11.9 Å². The fourth-order valence-corrected chi connectivity index (χ4v) is 2.96. The van der Waals surface area contributed by atoms with Crippen LogP contribution in [0.5, 0.6) is 0 Å². The van der Waals surface area contributed by atoms with E-state index in [0.29, 0.717) is 5.41 Å². The average molecular weight is 273 g/mol. The highest BCUT2D eigenvalue weighted by atomic mass is 16.6. The molecule has 1 N–H and O–H groups in total. The molecule has 1 saturated carbocycles. The topological polar surface area (TPSA) is 79.0 Å². The molecule has 0 radical (unpaired) electrons. The summed E-state index contributed by atoms with van der Waals surface area (Å²) >= 11 is 0. The monoisotopic (exact) mass is 273 g/mol. The first-order valence-corrected chi connectivity index (χ1v) is 7.03. The summed E-state index contributed by atoms with van der Waals surface area (Å²) in [4.78, 5) is 10.4. The van der Waals surface area contributed by atoms with Gasteiger partial charge in [-0.15, -0.1) is 0 Å². The van der Waals surface area contributed by atoms with E-state index in [9.17, 15) is 10.1 Å². The quantitative estimate of drug-likeness (QED) is 0.652. The summed E-state index contributed by atoms with van der Waals surface area (Å²) in [5.74, 6) is 0. The van der Waals surface area contributed by atoms with Crippen molar-refractivity contribution in [3.63, 3.8) is 0 Å². The zero-order valence-electron chi connectivity index (χ0n) is 11.7. The minimum atomic E-state index is -0.505. The van der Waals surface area contributed by atoms with Crippen LogP contribution in [0.2, 0.25) is 0 Å². The van der Waals surface area contributed by atoms with Crippen molar-refractivity contribution < 1.29 is 4.92 Å². The third kappa shape index (κ3) is 2.90. The molecule has 0 unspecified atom stereocenters. The lowest BCUT2D eigenvalue weighted by Crippen LogP contribution is -2.25. The summed E-state index contributed by atoms with van der Waals surface area (Å²) in [6.07, 6.45) is 6.09. The molecule has 2 rings (SSSR count). The molecule has 1 fully saturated rings. The number of anilines is 1. The van der Waals surface area contributed by atoms with Gasteiger partial charge in [0, 0.05) is 18.3 Å². The maximum Gasteiger partial charge on any atom is 0.289 e. The van der Waals surface area contributed by atoms with Gasteiger partial charge < -0.3 is 5.32 Å². The van der Waals surface area contributed by atoms with Crippen LogP contribution in [0.3, 0.4) is 0 Å². The van der Waals surface area contributed by atoms with Crippen molar-refractivity contribution in [2.45, 2.75) is 39.0 Å². The Morgan fingerprint density at radius 3 is 2.70 bits per heavy atom. The maximum absolute atomic E-state index is 10.9. The highest BCUT2D eigenvalue weighted by Crippen LogP contribution is 2.41. The molecule has 1 aromatic carbocycles. The number of nitrogens with one attached hydrogen (secondary N) is 1. The minimum Gasteiger partial charge on any atom is -0.384 e. The van der Waals surface area contributed by atoms with E-state index in [1.807, 2.05) is 6.07 Å². The molecule has 0 saturated heterocycles. The molecule has 0 aliphatic heterocycles. The molecule has 5 heteroatoms. The summed E-state index contributed by atoms with van der Waals surface area (Å²) in [5, 5.41) is 23.1. The highest BCUT2D eigenvalue weighted by Gasteiger charge is 2.31. The Bertz CT molecular complexity index is 543. The maximum atomic E-state index is 10.9. The molecule has 0 heterocycles. The van der Waals surface area contributed by atoms with Crippen molar-refractivity contribution >= 4 is 11.4 Å². The Morgan fingerprint density at radius 2 is 2.15 bits per heavy atom. The van der Waals surface area contributed by atoms with Crippen molar-refractivity contribution in [3.05, 3.63) is 33.9 Å². The van der Waals surface area contributed by atoms with Crippen molar-refractivity contribution in [1.29, 1.82) is 5.26 Å². The van der Waals surface area contributed by atoms with Crippen LogP contribution in [-0.4, -0.2) is 11.5 Å². The van der Waals surface area contributed by atoms with Crippen LogP contribution in [0.1, 0.15) is 44.6 Å². The van der Waals surface area contributed by atoms with E-state index in [0.717, 1.165) is 18.7 Å². The first-order valence-electron chi connectivity index (χ1n) is 7.03. The van der Waals surface area contributed by atoms with Crippen molar-refractivity contribution in [1.82, 2.24) is 0 Å². The molecular weight excluding hydrogens is 254 g/mol. The molecule has 20 heavy (non-hydrogen) atoms. The van der Waals surface area contributed by atoms with Gasteiger partial charge in [0.25, 0.3) is 5.69 Å². The van der Waals surface area contributed by atoms with E-state index in [1.165, 1.54) is 37.8 Å². The Morgan fingerprint density at radius 1 is 1.45 bits per heavy atom. The Balaban J connectivity index is 2.12. The summed E-state index contributed by atoms with van der Waals surface area (Å²) in [7, 11) is 0. The molecule has 0 aromatic heterocycles. The number of nitriles is 1. The normalized spacial score (nSPS) is 16.6. The number of hydrogen-bond acceptors (Lipinski definition) is 4. The summed E-state index contributed by atoms with van der Waals surface area (Å²) in [5.41, 5.74) is 1.01. The molecule has 1 aliphatic carbocycles. The molecular formula is C15H19N3O2. The van der Waals surface area contributed by atoms with Gasteiger partial charge in [0.1, 0.15) is 11.6 Å². The summed E-state index contributed by atoms with van der Waals surface area (Å²) < 4.78 is 0. The lowest BCUT2D eigenvalue weighted by atomic mass is 9.83. The zero-order chi connectivity index (χ0) is 14.6. The number of hydrogen-bond donors (Lipinski definition) is 1. The number of nitro groups is 1. The molecule has 1 aliphatic rings. The standard InChI is InChI=1S/C15H19N3O2/c1-2-15(7-3-4-8-15)11-17-13-6-5-12(10-16)14(9-13)18(19)20/h5-6,9,17H,2-4,7-8,11H2,1H3. The van der Waals surface area contributed by atoms with Crippen LogP contribution >= 0.6 is 0 Å². The molecule has 0 spiro atoms. The van der Waals surface area contributed by atoms with Gasteiger partial charge in [-0.2, -0.15) is 5.26 Å². The highest BCUT2D eigenvalue weighted by molar-refractivity contribution is 5.59. The number of nitro benzene ring substituents is 1. The Kier molecular flexibility index (Phi) is 4.23. The first kappa shape index (κ1) is 14.3. The fourth-order valence-electron chi connectivity index (χ4n) is 2.96. The lowest BCUT2D eigenvalue weighted by Gasteiger charge is -2.28. The van der Waals surface area contributed by atoms with Crippen LogP contribution < -0.4 is 5.32 Å². The van der Waals surface area contributed by atoms with E-state index in [1.54, 1.807) is 6.07 Å². The second-order valence-electron chi connectivity index (χ2n) is 5.52. The van der Waals surface area contributed by atoms with Gasteiger partial charge in [-0.3, -0.25) is 10.1 Å². The summed E-state index contributed by atoms with van der Waals surface area (Å²) in [6, 6.07) is 6.55. The third-order valence-electron chi connectivity index (χ3n) is 4.40. The zero-order valence-corrected chi connectivity index (χ0v) is 11.7. The van der Waals surface area contributed by atoms with Gasteiger partial charge in [-0.1, -0.05) is 19.8 Å². The van der Waals surface area contributed by atoms with Gasteiger partial charge in [0.05, 0.1) is 4.92 Å². The fraction of sp³-hybridized carbons (Fsp3) is 0.533. The molecule has 5 nitrogen and oxygen atoms in total. The van der Waals surface area contributed by atoms with E-state index in [2.05, 4.69) is 12.2 Å². The number of benzene rings is 1. The average Bonchev–Trinajstić information content (AvgIpc) is 2.94. The smallest absolute Gasteiger partial charge is 0.289 e. The molecule has 0 bridgehead atoms. The van der Waals surface area contributed by atoms with Gasteiger partial charge in [-0.25, -0.2) is 0 Å². The molecule has 0 atom stereocenters.